The number of hydrogen-bond acceptors (Lipinski definition) is 4. The van der Waals surface area contributed by atoms with Crippen LogP contribution in [0.25, 0.3) is 0 Å². The fourth-order valence-electron chi connectivity index (χ4n) is 3.24. The molecule has 3 rings (SSSR count). The molecule has 1 fully saturated rings. The molecule has 1 aliphatic heterocycles. The number of benzene rings is 1. The third kappa shape index (κ3) is 4.63. The maximum atomic E-state index is 12.6. The number of carbonyl (C=O) groups is 2. The molecule has 144 valence electrons. The van der Waals surface area contributed by atoms with Gasteiger partial charge in [-0.1, -0.05) is 11.6 Å². The van der Waals surface area contributed by atoms with E-state index in [-0.39, 0.29) is 24.3 Å². The number of ether oxygens (including phenoxy) is 1. The molecule has 1 aromatic heterocycles. The molecule has 0 spiro atoms. The van der Waals surface area contributed by atoms with Gasteiger partial charge in [-0.05, 0) is 43.7 Å². The van der Waals surface area contributed by atoms with Crippen molar-refractivity contribution in [1.29, 1.82) is 0 Å². The zero-order chi connectivity index (χ0) is 19.4. The van der Waals surface area contributed by atoms with Crippen LogP contribution < -0.4 is 15.0 Å². The molecule has 7 heteroatoms. The van der Waals surface area contributed by atoms with Gasteiger partial charge in [-0.25, -0.2) is 0 Å². The first-order chi connectivity index (χ1) is 13.0. The summed E-state index contributed by atoms with van der Waals surface area (Å²) in [7, 11) is 1.54. The van der Waals surface area contributed by atoms with Crippen molar-refractivity contribution < 1.29 is 18.7 Å². The lowest BCUT2D eigenvalue weighted by Gasteiger charge is -2.20. The molecule has 2 aromatic rings. The van der Waals surface area contributed by atoms with E-state index in [4.69, 9.17) is 20.8 Å². The molecule has 27 heavy (non-hydrogen) atoms. The van der Waals surface area contributed by atoms with Gasteiger partial charge in [-0.3, -0.25) is 9.59 Å². The molecule has 0 saturated carbocycles. The van der Waals surface area contributed by atoms with Gasteiger partial charge in [0, 0.05) is 30.5 Å². The van der Waals surface area contributed by atoms with Crippen LogP contribution in [-0.4, -0.2) is 31.5 Å². The van der Waals surface area contributed by atoms with Gasteiger partial charge in [0.1, 0.15) is 11.5 Å². The van der Waals surface area contributed by atoms with Crippen molar-refractivity contribution in [2.45, 2.75) is 32.2 Å². The molecule has 0 bridgehead atoms. The van der Waals surface area contributed by atoms with Crippen LogP contribution in [-0.2, 0) is 16.0 Å². The number of furan rings is 1. The number of anilines is 1. The minimum absolute atomic E-state index is 0.00698. The Morgan fingerprint density at radius 2 is 2.26 bits per heavy atom. The Morgan fingerprint density at radius 3 is 2.96 bits per heavy atom. The van der Waals surface area contributed by atoms with Crippen molar-refractivity contribution in [3.05, 3.63) is 47.4 Å². The summed E-state index contributed by atoms with van der Waals surface area (Å²) in [6.07, 6.45) is 3.34. The van der Waals surface area contributed by atoms with Gasteiger partial charge in [0.05, 0.1) is 25.0 Å². The topological polar surface area (TPSA) is 71.8 Å². The van der Waals surface area contributed by atoms with E-state index in [9.17, 15) is 9.59 Å². The van der Waals surface area contributed by atoms with Crippen molar-refractivity contribution in [2.75, 3.05) is 18.6 Å². The maximum Gasteiger partial charge on any atom is 0.227 e. The van der Waals surface area contributed by atoms with Crippen molar-refractivity contribution in [3.63, 3.8) is 0 Å². The molecule has 2 atom stereocenters. The van der Waals surface area contributed by atoms with E-state index in [0.29, 0.717) is 23.0 Å². The minimum atomic E-state index is -0.396. The summed E-state index contributed by atoms with van der Waals surface area (Å²) in [5.41, 5.74) is 0.594. The van der Waals surface area contributed by atoms with Crippen molar-refractivity contribution >= 4 is 29.1 Å². The van der Waals surface area contributed by atoms with Crippen LogP contribution in [0.5, 0.6) is 5.75 Å². The second-order valence-electron chi connectivity index (χ2n) is 6.75. The number of aryl methyl sites for hydroxylation is 1. The first kappa shape index (κ1) is 19.3. The third-order valence-electron chi connectivity index (χ3n) is 4.72. The second-order valence-corrected chi connectivity index (χ2v) is 7.19. The van der Waals surface area contributed by atoms with E-state index in [1.165, 1.54) is 7.11 Å². The number of nitrogens with zero attached hydrogens (tertiary/aromatic N) is 1. The van der Waals surface area contributed by atoms with Crippen LogP contribution in [0.1, 0.15) is 25.5 Å². The number of rotatable bonds is 7. The lowest BCUT2D eigenvalue weighted by atomic mass is 10.1. The molecular formula is C20H23ClN2O4. The first-order valence-corrected chi connectivity index (χ1v) is 9.32. The van der Waals surface area contributed by atoms with Crippen LogP contribution in [0.4, 0.5) is 5.69 Å². The molecule has 2 heterocycles. The summed E-state index contributed by atoms with van der Waals surface area (Å²) in [6.45, 7) is 2.27. The zero-order valence-corrected chi connectivity index (χ0v) is 16.2. The van der Waals surface area contributed by atoms with Crippen molar-refractivity contribution in [1.82, 2.24) is 5.32 Å². The second kappa shape index (κ2) is 8.48. The molecule has 0 aliphatic carbocycles. The molecule has 1 aliphatic rings. The average Bonchev–Trinajstić information content (AvgIpc) is 3.29. The predicted molar refractivity (Wildman–Crippen MR) is 103 cm³/mol. The van der Waals surface area contributed by atoms with Gasteiger partial charge in [0.25, 0.3) is 0 Å². The van der Waals surface area contributed by atoms with Crippen LogP contribution in [0.15, 0.2) is 41.0 Å². The van der Waals surface area contributed by atoms with Gasteiger partial charge in [0.2, 0.25) is 11.8 Å². The third-order valence-corrected chi connectivity index (χ3v) is 4.96. The number of amides is 2. The summed E-state index contributed by atoms with van der Waals surface area (Å²) in [5.74, 6) is 0.831. The molecule has 1 aromatic carbocycles. The van der Waals surface area contributed by atoms with Gasteiger partial charge in [0.15, 0.2) is 0 Å². The monoisotopic (exact) mass is 390 g/mol. The van der Waals surface area contributed by atoms with E-state index in [2.05, 4.69) is 5.32 Å². The number of halogens is 1. The summed E-state index contributed by atoms with van der Waals surface area (Å²) >= 11 is 6.06. The van der Waals surface area contributed by atoms with E-state index < -0.39 is 5.92 Å². The number of methoxy groups -OCH3 is 1. The Hall–Kier alpha value is -2.47. The molecular weight excluding hydrogens is 368 g/mol. The van der Waals surface area contributed by atoms with Crippen LogP contribution in [0, 0.1) is 5.92 Å². The van der Waals surface area contributed by atoms with Gasteiger partial charge in [-0.15, -0.1) is 0 Å². The SMILES string of the molecule is COc1ccc(Cl)cc1N1CC(C(=O)NC(C)CCc2ccco2)CC1=O. The van der Waals surface area contributed by atoms with Crippen LogP contribution >= 0.6 is 11.6 Å². The van der Waals surface area contributed by atoms with Gasteiger partial charge < -0.3 is 19.4 Å². The van der Waals surface area contributed by atoms with Crippen LogP contribution in [0.3, 0.4) is 0 Å². The average molecular weight is 391 g/mol. The first-order valence-electron chi connectivity index (χ1n) is 8.94. The van der Waals surface area contributed by atoms with Crippen molar-refractivity contribution in [3.8, 4) is 5.75 Å². The molecule has 1 N–H and O–H groups in total. The summed E-state index contributed by atoms with van der Waals surface area (Å²) < 4.78 is 10.6. The van der Waals surface area contributed by atoms with E-state index >= 15 is 0 Å². The highest BCUT2D eigenvalue weighted by atomic mass is 35.5. The molecule has 1 saturated heterocycles. The fourth-order valence-corrected chi connectivity index (χ4v) is 3.40. The van der Waals surface area contributed by atoms with E-state index in [1.807, 2.05) is 19.1 Å². The maximum absolute atomic E-state index is 12.6. The zero-order valence-electron chi connectivity index (χ0n) is 15.4. The van der Waals surface area contributed by atoms with Crippen molar-refractivity contribution in [2.24, 2.45) is 5.92 Å². The lowest BCUT2D eigenvalue weighted by Crippen LogP contribution is -2.38. The number of carbonyl (C=O) groups excluding carboxylic acids is 2. The Kier molecular flexibility index (Phi) is 6.06. The van der Waals surface area contributed by atoms with E-state index in [1.54, 1.807) is 29.4 Å². The summed E-state index contributed by atoms with van der Waals surface area (Å²) in [5, 5.41) is 3.51. The number of hydrogen-bond donors (Lipinski definition) is 1. The van der Waals surface area contributed by atoms with E-state index in [0.717, 1.165) is 18.6 Å². The van der Waals surface area contributed by atoms with Crippen LogP contribution in [0.2, 0.25) is 5.02 Å². The molecule has 6 nitrogen and oxygen atoms in total. The smallest absolute Gasteiger partial charge is 0.227 e. The Morgan fingerprint density at radius 1 is 1.44 bits per heavy atom. The normalized spacial score (nSPS) is 17.8. The largest absolute Gasteiger partial charge is 0.495 e. The minimum Gasteiger partial charge on any atom is -0.495 e. The summed E-state index contributed by atoms with van der Waals surface area (Å²) in [4.78, 5) is 26.6. The number of nitrogens with one attached hydrogen (secondary N) is 1. The summed E-state index contributed by atoms with van der Waals surface area (Å²) in [6, 6.07) is 8.86. The van der Waals surface area contributed by atoms with Gasteiger partial charge >= 0.3 is 0 Å². The predicted octanol–water partition coefficient (Wildman–Crippen LogP) is 3.43. The quantitative estimate of drug-likeness (QED) is 0.786. The molecule has 2 amide bonds. The fraction of sp³-hybridized carbons (Fsp3) is 0.400. The Balaban J connectivity index is 1.59. The molecule has 2 unspecified atom stereocenters. The highest BCUT2D eigenvalue weighted by molar-refractivity contribution is 6.31. The lowest BCUT2D eigenvalue weighted by molar-refractivity contribution is -0.126. The highest BCUT2D eigenvalue weighted by Gasteiger charge is 2.36. The standard InChI is InChI=1S/C20H23ClN2O4/c1-13(5-7-16-4-3-9-27-16)22-20(25)14-10-19(24)23(12-14)17-11-15(21)6-8-18(17)26-2/h3-4,6,8-9,11,13-14H,5,7,10,12H2,1-2H3,(H,22,25). The highest BCUT2D eigenvalue weighted by Crippen LogP contribution is 2.35. The van der Waals surface area contributed by atoms with Gasteiger partial charge in [-0.2, -0.15) is 0 Å². The Labute approximate surface area is 163 Å². The Bertz CT molecular complexity index is 806. The molecule has 0 radical (unpaired) electrons.